The summed E-state index contributed by atoms with van der Waals surface area (Å²) in [4.78, 5) is 72.2. The highest BCUT2D eigenvalue weighted by molar-refractivity contribution is 5.74. The Kier molecular flexibility index (Phi) is 11.4. The molecule has 230 valence electrons. The summed E-state index contributed by atoms with van der Waals surface area (Å²) >= 11 is 0. The lowest BCUT2D eigenvalue weighted by molar-refractivity contribution is -0.545. The van der Waals surface area contributed by atoms with Gasteiger partial charge in [-0.15, -0.1) is 0 Å². The summed E-state index contributed by atoms with van der Waals surface area (Å²) in [7, 11) is 0. The summed E-state index contributed by atoms with van der Waals surface area (Å²) in [5, 5.41) is 12.3. The zero-order valence-corrected chi connectivity index (χ0v) is 24.3. The van der Waals surface area contributed by atoms with Gasteiger partial charge in [-0.2, -0.15) is 0 Å². The number of carbonyl (C=O) groups excluding carboxylic acids is 5. The molecule has 41 heavy (non-hydrogen) atoms. The number of nitro groups is 1. The molecule has 0 aromatic carbocycles. The fraction of sp³-hybridized carbons (Fsp3) is 0.731. The molecule has 0 spiro atoms. The van der Waals surface area contributed by atoms with Gasteiger partial charge >= 0.3 is 29.8 Å². The van der Waals surface area contributed by atoms with Crippen LogP contribution in [0.3, 0.4) is 0 Å². The second-order valence-electron chi connectivity index (χ2n) is 10.7. The lowest BCUT2D eigenvalue weighted by Crippen LogP contribution is -2.64. The van der Waals surface area contributed by atoms with Crippen LogP contribution >= 0.6 is 0 Å². The Morgan fingerprint density at radius 2 is 1.46 bits per heavy atom. The Labute approximate surface area is 236 Å². The Morgan fingerprint density at radius 1 is 0.927 bits per heavy atom. The quantitative estimate of drug-likeness (QED) is 0.123. The van der Waals surface area contributed by atoms with E-state index < -0.39 is 95.7 Å². The first-order valence-corrected chi connectivity index (χ1v) is 12.9. The number of allylic oxidation sites excluding steroid dienone is 1. The van der Waals surface area contributed by atoms with Crippen LogP contribution in [-0.2, 0) is 57.1 Å². The minimum Gasteiger partial charge on any atom is -0.463 e. The number of esters is 5. The normalized spacial score (nSPS) is 29.8. The van der Waals surface area contributed by atoms with Crippen LogP contribution in [-0.4, -0.2) is 89.8 Å². The van der Waals surface area contributed by atoms with Crippen molar-refractivity contribution in [3.05, 3.63) is 21.8 Å². The van der Waals surface area contributed by atoms with Crippen molar-refractivity contribution in [3.63, 3.8) is 0 Å². The fourth-order valence-electron chi connectivity index (χ4n) is 4.55. The minimum absolute atomic E-state index is 0.00479. The van der Waals surface area contributed by atoms with Crippen LogP contribution < -0.4 is 0 Å². The maximum atomic E-state index is 12.9. The Morgan fingerprint density at radius 3 is 1.95 bits per heavy atom. The van der Waals surface area contributed by atoms with E-state index in [-0.39, 0.29) is 6.42 Å². The molecule has 0 unspecified atom stereocenters. The van der Waals surface area contributed by atoms with Gasteiger partial charge in [-0.1, -0.05) is 6.08 Å². The highest BCUT2D eigenvalue weighted by Crippen LogP contribution is 2.36. The van der Waals surface area contributed by atoms with Crippen LogP contribution in [0, 0.1) is 16.0 Å². The summed E-state index contributed by atoms with van der Waals surface area (Å²) in [6.45, 7) is 10.2. The molecule has 1 aliphatic heterocycles. The average molecular weight is 588 g/mol. The smallest absolute Gasteiger partial charge is 0.316 e. The summed E-state index contributed by atoms with van der Waals surface area (Å²) in [6.07, 6.45) is -7.31. The molecule has 0 bridgehead atoms. The minimum atomic E-state index is -1.66. The van der Waals surface area contributed by atoms with Gasteiger partial charge in [0.2, 0.25) is 0 Å². The van der Waals surface area contributed by atoms with Crippen molar-refractivity contribution in [3.8, 4) is 0 Å². The van der Waals surface area contributed by atoms with Gasteiger partial charge in [0.05, 0.1) is 0 Å². The molecule has 0 N–H and O–H groups in total. The molecule has 15 heteroatoms. The van der Waals surface area contributed by atoms with E-state index in [4.69, 9.17) is 33.2 Å². The summed E-state index contributed by atoms with van der Waals surface area (Å²) in [6, 6.07) is -1.64. The van der Waals surface area contributed by atoms with Gasteiger partial charge in [-0.05, 0) is 39.7 Å². The Hall–Kier alpha value is -3.59. The molecule has 0 aromatic rings. The zero-order valence-electron chi connectivity index (χ0n) is 24.3. The van der Waals surface area contributed by atoms with Crippen LogP contribution in [0.5, 0.6) is 0 Å². The second-order valence-corrected chi connectivity index (χ2v) is 10.7. The van der Waals surface area contributed by atoms with Crippen LogP contribution in [0.15, 0.2) is 11.6 Å². The first-order chi connectivity index (χ1) is 18.9. The highest BCUT2D eigenvalue weighted by Gasteiger charge is 2.56. The van der Waals surface area contributed by atoms with E-state index in [0.29, 0.717) is 5.57 Å². The van der Waals surface area contributed by atoms with Gasteiger partial charge in [0.1, 0.15) is 30.3 Å². The standard InChI is InChI=1S/C26H37NO14/c1-12-9-10-17(24(32)41-26(6,7)8)19(27(33)34)20(12)40-25-23(38-16(5)31)22(37-15(4)30)21(36-14(3)29)18(39-25)11-35-13(2)28/h9,17-23,25H,10-11H2,1-8H3/t17-,18-,19+,20+,21-,22+,23-,25+/m0/s1. The fourth-order valence-corrected chi connectivity index (χ4v) is 4.55. The topological polar surface area (TPSA) is 193 Å². The predicted molar refractivity (Wildman–Crippen MR) is 135 cm³/mol. The van der Waals surface area contributed by atoms with E-state index in [2.05, 4.69) is 0 Å². The maximum absolute atomic E-state index is 12.9. The molecule has 0 radical (unpaired) electrons. The SMILES string of the molecule is CC(=O)OC[C@@H]1O[C@H](O[C@@H]2C(C)=CC[C@H](C(=O)OC(C)(C)C)[C@H]2[N+](=O)[O-])[C@@H](OC(C)=O)[C@H](OC(C)=O)[C@H]1OC(C)=O. The predicted octanol–water partition coefficient (Wildman–Crippen LogP) is 1.41. The van der Waals surface area contributed by atoms with Crippen molar-refractivity contribution in [2.75, 3.05) is 6.61 Å². The van der Waals surface area contributed by atoms with E-state index in [0.717, 1.165) is 27.7 Å². The van der Waals surface area contributed by atoms with Crippen molar-refractivity contribution < 1.29 is 62.1 Å². The van der Waals surface area contributed by atoms with Crippen molar-refractivity contribution >= 4 is 29.8 Å². The maximum Gasteiger partial charge on any atom is 0.316 e. The van der Waals surface area contributed by atoms with Crippen LogP contribution in [0.4, 0.5) is 0 Å². The van der Waals surface area contributed by atoms with E-state index in [9.17, 15) is 34.1 Å². The molecule has 2 aliphatic rings. The van der Waals surface area contributed by atoms with Crippen molar-refractivity contribution in [1.82, 2.24) is 0 Å². The first kappa shape index (κ1) is 33.6. The molecule has 8 atom stereocenters. The van der Waals surface area contributed by atoms with Crippen LogP contribution in [0.25, 0.3) is 0 Å². The third-order valence-electron chi connectivity index (χ3n) is 6.05. The summed E-state index contributed by atoms with van der Waals surface area (Å²) in [5.74, 6) is -5.28. The van der Waals surface area contributed by atoms with Crippen LogP contribution in [0.2, 0.25) is 0 Å². The molecule has 1 heterocycles. The van der Waals surface area contributed by atoms with E-state index in [1.54, 1.807) is 33.8 Å². The molecule has 1 saturated heterocycles. The number of rotatable bonds is 9. The first-order valence-electron chi connectivity index (χ1n) is 12.9. The van der Waals surface area contributed by atoms with Crippen molar-refractivity contribution in [1.29, 1.82) is 0 Å². The summed E-state index contributed by atoms with van der Waals surface area (Å²) in [5.41, 5.74) is -0.538. The average Bonchev–Trinajstić information content (AvgIpc) is 2.80. The molecular formula is C26H37NO14. The molecule has 0 saturated carbocycles. The molecule has 0 amide bonds. The number of ether oxygens (including phenoxy) is 7. The Balaban J connectivity index is 2.56. The third-order valence-corrected chi connectivity index (χ3v) is 6.05. The molecule has 15 nitrogen and oxygen atoms in total. The largest absolute Gasteiger partial charge is 0.463 e. The third kappa shape index (κ3) is 9.49. The van der Waals surface area contributed by atoms with Gasteiger partial charge in [0, 0.05) is 32.6 Å². The van der Waals surface area contributed by atoms with E-state index >= 15 is 0 Å². The van der Waals surface area contributed by atoms with E-state index in [1.807, 2.05) is 0 Å². The number of hydrogen-bond acceptors (Lipinski definition) is 14. The van der Waals surface area contributed by atoms with Gasteiger partial charge in [0.15, 0.2) is 24.6 Å². The lowest BCUT2D eigenvalue weighted by Gasteiger charge is -2.45. The lowest BCUT2D eigenvalue weighted by atomic mass is 9.83. The van der Waals surface area contributed by atoms with Gasteiger partial charge in [0.25, 0.3) is 6.04 Å². The highest BCUT2D eigenvalue weighted by atomic mass is 16.7. The van der Waals surface area contributed by atoms with Gasteiger partial charge in [-0.25, -0.2) is 0 Å². The number of hydrogen-bond donors (Lipinski definition) is 0. The number of carbonyl (C=O) groups is 5. The molecular weight excluding hydrogens is 550 g/mol. The zero-order chi connectivity index (χ0) is 31.2. The van der Waals surface area contributed by atoms with E-state index in [1.165, 1.54) is 0 Å². The van der Waals surface area contributed by atoms with Gasteiger partial charge < -0.3 is 33.2 Å². The summed E-state index contributed by atoms with van der Waals surface area (Å²) < 4.78 is 38.5. The van der Waals surface area contributed by atoms with Gasteiger partial charge in [-0.3, -0.25) is 34.1 Å². The molecule has 2 rings (SSSR count). The van der Waals surface area contributed by atoms with Crippen LogP contribution in [0.1, 0.15) is 61.8 Å². The monoisotopic (exact) mass is 587 g/mol. The second kappa shape index (κ2) is 13.9. The van der Waals surface area contributed by atoms with Crippen molar-refractivity contribution in [2.45, 2.75) is 110 Å². The van der Waals surface area contributed by atoms with Crippen molar-refractivity contribution in [2.24, 2.45) is 5.92 Å². The molecule has 1 fully saturated rings. The molecule has 1 aliphatic carbocycles. The Bertz CT molecular complexity index is 1060. The number of nitrogens with zero attached hydrogens (tertiary/aromatic N) is 1. The molecule has 0 aromatic heterocycles.